The maximum Gasteiger partial charge on any atom is 0.273 e. The van der Waals surface area contributed by atoms with Crippen molar-refractivity contribution in [2.24, 2.45) is 5.73 Å². The minimum atomic E-state index is -4.59. The lowest BCUT2D eigenvalue weighted by Gasteiger charge is -2.15. The lowest BCUT2D eigenvalue weighted by atomic mass is 10.3. The largest absolute Gasteiger partial charge is 0.325 e. The Morgan fingerprint density at radius 3 is 2.37 bits per heavy atom. The molecule has 10 heteroatoms. The van der Waals surface area contributed by atoms with Crippen LogP contribution in [0.25, 0.3) is 0 Å². The maximum absolute atomic E-state index is 13.4. The monoisotopic (exact) mass is 364 g/mol. The van der Waals surface area contributed by atoms with Gasteiger partial charge in [0, 0.05) is 0 Å². The van der Waals surface area contributed by atoms with Crippen molar-refractivity contribution in [3.63, 3.8) is 0 Å². The minimum absolute atomic E-state index is 0.281. The third-order valence-electron chi connectivity index (χ3n) is 2.08. The molecular weight excluding hydrogens is 356 g/mol. The Hall–Kier alpha value is -0.710. The number of nitrogens with two attached hydrogens (primary N) is 1. The molecule has 3 N–H and O–H groups in total. The zero-order valence-corrected chi connectivity index (χ0v) is 11.7. The van der Waals surface area contributed by atoms with E-state index in [4.69, 9.17) is 5.73 Å². The highest BCUT2D eigenvalue weighted by molar-refractivity contribution is 9.10. The predicted octanol–water partition coefficient (Wildman–Crippen LogP) is 1.60. The van der Waals surface area contributed by atoms with E-state index in [-0.39, 0.29) is 4.47 Å². The molecule has 0 aromatic heterocycles. The molecule has 0 heterocycles. The molecule has 0 bridgehead atoms. The number of alkyl halides is 2. The Balaban J connectivity index is 3.05. The molecule has 0 unspecified atom stereocenters. The summed E-state index contributed by atoms with van der Waals surface area (Å²) in [7, 11) is -4.59. The third-order valence-corrected chi connectivity index (χ3v) is 4.11. The first-order valence-corrected chi connectivity index (χ1v) is 7.09. The van der Waals surface area contributed by atoms with Gasteiger partial charge >= 0.3 is 0 Å². The maximum atomic E-state index is 13.4. The summed E-state index contributed by atoms with van der Waals surface area (Å²) in [4.78, 5) is -1.05. The molecule has 19 heavy (non-hydrogen) atoms. The van der Waals surface area contributed by atoms with E-state index in [1.165, 1.54) is 4.72 Å². The number of nitrogens with one attached hydrogen (secondary N) is 1. The van der Waals surface area contributed by atoms with Crippen LogP contribution in [0.5, 0.6) is 0 Å². The van der Waals surface area contributed by atoms with Crippen LogP contribution in [-0.4, -0.2) is 27.4 Å². The summed E-state index contributed by atoms with van der Waals surface area (Å²) < 4.78 is 76.5. The highest BCUT2D eigenvalue weighted by atomic mass is 79.9. The van der Waals surface area contributed by atoms with Crippen LogP contribution in [0.1, 0.15) is 0 Å². The Morgan fingerprint density at radius 2 is 1.84 bits per heavy atom. The van der Waals surface area contributed by atoms with Crippen molar-refractivity contribution < 1.29 is 26.0 Å². The number of hydrogen-bond donors (Lipinski definition) is 2. The highest BCUT2D eigenvalue weighted by Gasteiger charge is 2.30. The van der Waals surface area contributed by atoms with Crippen molar-refractivity contribution in [2.75, 3.05) is 13.1 Å². The van der Waals surface area contributed by atoms with E-state index in [1.54, 1.807) is 0 Å². The van der Waals surface area contributed by atoms with Crippen LogP contribution in [0.15, 0.2) is 21.5 Å². The second-order valence-electron chi connectivity index (χ2n) is 3.58. The summed E-state index contributed by atoms with van der Waals surface area (Å²) >= 11 is 2.66. The van der Waals surface area contributed by atoms with Gasteiger partial charge in [0.2, 0.25) is 10.0 Å². The van der Waals surface area contributed by atoms with Crippen molar-refractivity contribution in [1.82, 2.24) is 4.72 Å². The molecule has 0 fully saturated rings. The van der Waals surface area contributed by atoms with Crippen LogP contribution in [0.3, 0.4) is 0 Å². The fourth-order valence-corrected chi connectivity index (χ4v) is 2.51. The number of benzene rings is 1. The first kappa shape index (κ1) is 16.3. The minimum Gasteiger partial charge on any atom is -0.325 e. The average Bonchev–Trinajstić information content (AvgIpc) is 2.31. The Bertz CT molecular complexity index is 580. The zero-order chi connectivity index (χ0) is 14.8. The van der Waals surface area contributed by atoms with E-state index in [9.17, 15) is 26.0 Å². The Morgan fingerprint density at radius 1 is 1.26 bits per heavy atom. The molecular formula is C9H9BrF4N2O2S. The van der Waals surface area contributed by atoms with Crippen LogP contribution >= 0.6 is 15.9 Å². The topological polar surface area (TPSA) is 72.2 Å². The van der Waals surface area contributed by atoms with Crippen LogP contribution in [-0.2, 0) is 10.0 Å². The Kier molecular flexibility index (Phi) is 4.93. The van der Waals surface area contributed by atoms with Crippen molar-refractivity contribution in [1.29, 1.82) is 0 Å². The van der Waals surface area contributed by atoms with Crippen LogP contribution in [0.2, 0.25) is 0 Å². The molecule has 0 aliphatic carbocycles. The van der Waals surface area contributed by atoms with Gasteiger partial charge in [-0.25, -0.2) is 30.7 Å². The normalized spacial score (nSPS) is 12.7. The lowest BCUT2D eigenvalue weighted by molar-refractivity contribution is 0.0170. The first-order chi connectivity index (χ1) is 8.59. The molecule has 0 spiro atoms. The van der Waals surface area contributed by atoms with E-state index < -0.39 is 45.6 Å². The van der Waals surface area contributed by atoms with E-state index in [0.29, 0.717) is 12.1 Å². The summed E-state index contributed by atoms with van der Waals surface area (Å²) in [5, 5.41) is 0. The van der Waals surface area contributed by atoms with Crippen LogP contribution in [0, 0.1) is 11.6 Å². The smallest absolute Gasteiger partial charge is 0.273 e. The van der Waals surface area contributed by atoms with Gasteiger partial charge < -0.3 is 5.73 Å². The zero-order valence-electron chi connectivity index (χ0n) is 9.26. The summed E-state index contributed by atoms with van der Waals surface area (Å²) in [6.07, 6.45) is 0. The third kappa shape index (κ3) is 4.13. The van der Waals surface area contributed by atoms with Gasteiger partial charge in [0.1, 0.15) is 16.5 Å². The number of halogens is 5. The van der Waals surface area contributed by atoms with Gasteiger partial charge in [-0.3, -0.25) is 0 Å². The number of hydrogen-bond acceptors (Lipinski definition) is 3. The summed E-state index contributed by atoms with van der Waals surface area (Å²) in [6, 6.07) is 0.979. The number of sulfonamides is 1. The second kappa shape index (κ2) is 5.73. The van der Waals surface area contributed by atoms with Crippen LogP contribution in [0.4, 0.5) is 17.6 Å². The van der Waals surface area contributed by atoms with Crippen molar-refractivity contribution in [3.8, 4) is 0 Å². The molecule has 4 nitrogen and oxygen atoms in total. The van der Waals surface area contributed by atoms with Gasteiger partial charge in [-0.2, -0.15) is 0 Å². The molecule has 0 saturated heterocycles. The molecule has 0 radical (unpaired) electrons. The Labute approximate surface area is 115 Å². The van der Waals surface area contributed by atoms with E-state index >= 15 is 0 Å². The van der Waals surface area contributed by atoms with E-state index in [1.807, 2.05) is 0 Å². The SMILES string of the molecule is NCC(F)(F)CNS(=O)(=O)c1cc(F)c(Br)cc1F. The summed E-state index contributed by atoms with van der Waals surface area (Å²) in [5.74, 6) is -5.78. The molecule has 1 aromatic rings. The summed E-state index contributed by atoms with van der Waals surface area (Å²) in [5.41, 5.74) is 4.72. The van der Waals surface area contributed by atoms with Gasteiger partial charge in [0.05, 0.1) is 17.6 Å². The van der Waals surface area contributed by atoms with Gasteiger partial charge in [0.25, 0.3) is 5.92 Å². The highest BCUT2D eigenvalue weighted by Crippen LogP contribution is 2.23. The lowest BCUT2D eigenvalue weighted by Crippen LogP contribution is -2.41. The molecule has 0 atom stereocenters. The molecule has 0 saturated carbocycles. The molecule has 0 amide bonds. The molecule has 108 valence electrons. The van der Waals surface area contributed by atoms with Crippen molar-refractivity contribution in [3.05, 3.63) is 28.2 Å². The second-order valence-corrected chi connectivity index (χ2v) is 6.17. The fraction of sp³-hybridized carbons (Fsp3) is 0.333. The van der Waals surface area contributed by atoms with Gasteiger partial charge in [0.15, 0.2) is 0 Å². The quantitative estimate of drug-likeness (QED) is 0.615. The predicted molar refractivity (Wildman–Crippen MR) is 63.2 cm³/mol. The standard InChI is InChI=1S/C9H9BrF4N2O2S/c10-5-1-7(12)8(2-6(5)11)19(17,18)16-4-9(13,14)3-15/h1-2,16H,3-4,15H2. The van der Waals surface area contributed by atoms with Gasteiger partial charge in [-0.1, -0.05) is 0 Å². The van der Waals surface area contributed by atoms with Gasteiger partial charge in [-0.05, 0) is 28.1 Å². The molecule has 0 aliphatic heterocycles. The van der Waals surface area contributed by atoms with E-state index in [0.717, 1.165) is 0 Å². The van der Waals surface area contributed by atoms with Gasteiger partial charge in [-0.15, -0.1) is 0 Å². The van der Waals surface area contributed by atoms with Crippen molar-refractivity contribution >= 4 is 26.0 Å². The molecule has 0 aliphatic rings. The molecule has 1 aromatic carbocycles. The molecule has 1 rings (SSSR count). The van der Waals surface area contributed by atoms with Crippen molar-refractivity contribution in [2.45, 2.75) is 10.8 Å². The number of rotatable bonds is 5. The van der Waals surface area contributed by atoms with Crippen LogP contribution < -0.4 is 10.5 Å². The first-order valence-electron chi connectivity index (χ1n) is 4.81. The average molecular weight is 365 g/mol. The fourth-order valence-electron chi connectivity index (χ4n) is 1.06. The van der Waals surface area contributed by atoms with E-state index in [2.05, 4.69) is 15.9 Å². The summed E-state index contributed by atoms with van der Waals surface area (Å²) in [6.45, 7) is -2.38.